The molecule has 6 aromatic carbocycles. The molecule has 8 rings (SSSR count). The van der Waals surface area contributed by atoms with Gasteiger partial charge in [0.2, 0.25) is 5.89 Å². The van der Waals surface area contributed by atoms with Crippen LogP contribution in [0.15, 0.2) is 144 Å². The summed E-state index contributed by atoms with van der Waals surface area (Å²) in [5.74, 6) is 0.634. The van der Waals surface area contributed by atoms with Crippen LogP contribution in [0.2, 0.25) is 0 Å². The van der Waals surface area contributed by atoms with Gasteiger partial charge in [0, 0.05) is 31.3 Å². The molecule has 0 N–H and O–H groups in total. The Kier molecular flexibility index (Phi) is 5.35. The topological polar surface area (TPSA) is 26.0 Å². The standard InChI is InChI=1S/C37H23NOS/c1-2-8-24(9-3-1)25-16-18-26(19-17-25)29-11-7-14-33-35(29)39-37(38-33)28-22-20-27(21-23-28)30-12-6-13-32-31-10-4-5-15-34(31)40-36(30)32/h1-23H. The zero-order chi connectivity index (χ0) is 26.5. The highest BCUT2D eigenvalue weighted by molar-refractivity contribution is 7.26. The zero-order valence-corrected chi connectivity index (χ0v) is 22.4. The van der Waals surface area contributed by atoms with Crippen LogP contribution in [0.3, 0.4) is 0 Å². The van der Waals surface area contributed by atoms with Crippen LogP contribution in [0.5, 0.6) is 0 Å². The molecule has 0 saturated heterocycles. The molecule has 8 aromatic rings. The molecule has 40 heavy (non-hydrogen) atoms. The molecule has 0 amide bonds. The molecule has 0 aliphatic rings. The van der Waals surface area contributed by atoms with Gasteiger partial charge in [-0.3, -0.25) is 0 Å². The van der Waals surface area contributed by atoms with Crippen LogP contribution in [0, 0.1) is 0 Å². The van der Waals surface area contributed by atoms with E-state index in [1.165, 1.54) is 42.4 Å². The van der Waals surface area contributed by atoms with Gasteiger partial charge in [-0.2, -0.15) is 0 Å². The minimum Gasteiger partial charge on any atom is -0.435 e. The van der Waals surface area contributed by atoms with Crippen molar-refractivity contribution in [1.29, 1.82) is 0 Å². The maximum atomic E-state index is 6.40. The van der Waals surface area contributed by atoms with E-state index >= 15 is 0 Å². The molecule has 3 heteroatoms. The highest BCUT2D eigenvalue weighted by atomic mass is 32.1. The van der Waals surface area contributed by atoms with Gasteiger partial charge in [-0.15, -0.1) is 11.3 Å². The van der Waals surface area contributed by atoms with Crippen molar-refractivity contribution in [2.24, 2.45) is 0 Å². The molecule has 0 spiro atoms. The highest BCUT2D eigenvalue weighted by Crippen LogP contribution is 2.40. The fourth-order valence-electron chi connectivity index (χ4n) is 5.54. The summed E-state index contributed by atoms with van der Waals surface area (Å²) in [7, 11) is 0. The van der Waals surface area contributed by atoms with Crippen molar-refractivity contribution in [2.75, 3.05) is 0 Å². The third-order valence-corrected chi connectivity index (χ3v) is 8.79. The number of hydrogen-bond donors (Lipinski definition) is 0. The monoisotopic (exact) mass is 529 g/mol. The maximum Gasteiger partial charge on any atom is 0.227 e. The summed E-state index contributed by atoms with van der Waals surface area (Å²) in [6.45, 7) is 0. The average Bonchev–Trinajstić information content (AvgIpc) is 3.64. The van der Waals surface area contributed by atoms with E-state index in [0.29, 0.717) is 5.89 Å². The number of hydrogen-bond acceptors (Lipinski definition) is 3. The third-order valence-electron chi connectivity index (χ3n) is 7.57. The Bertz CT molecular complexity index is 2140. The van der Waals surface area contributed by atoms with E-state index in [-0.39, 0.29) is 0 Å². The van der Waals surface area contributed by atoms with Crippen LogP contribution in [0.1, 0.15) is 0 Å². The Morgan fingerprint density at radius 3 is 1.88 bits per heavy atom. The quantitative estimate of drug-likeness (QED) is 0.227. The fraction of sp³-hybridized carbons (Fsp3) is 0. The summed E-state index contributed by atoms with van der Waals surface area (Å²) in [5, 5.41) is 2.63. The Morgan fingerprint density at radius 2 is 1.05 bits per heavy atom. The molecular weight excluding hydrogens is 506 g/mol. The molecule has 188 valence electrons. The van der Waals surface area contributed by atoms with E-state index in [0.717, 1.165) is 27.8 Å². The van der Waals surface area contributed by atoms with Crippen LogP contribution in [-0.2, 0) is 0 Å². The first kappa shape index (κ1) is 22.9. The van der Waals surface area contributed by atoms with Crippen LogP contribution in [0.25, 0.3) is 76.1 Å². The van der Waals surface area contributed by atoms with Gasteiger partial charge in [0.1, 0.15) is 5.52 Å². The van der Waals surface area contributed by atoms with Gasteiger partial charge in [0.15, 0.2) is 5.58 Å². The Labute approximate surface area is 235 Å². The van der Waals surface area contributed by atoms with Gasteiger partial charge >= 0.3 is 0 Å². The molecule has 0 atom stereocenters. The number of rotatable bonds is 4. The van der Waals surface area contributed by atoms with Crippen molar-refractivity contribution in [3.05, 3.63) is 140 Å². The summed E-state index contributed by atoms with van der Waals surface area (Å²) in [6.07, 6.45) is 0. The first-order valence-electron chi connectivity index (χ1n) is 13.4. The molecule has 0 saturated carbocycles. The molecule has 0 fully saturated rings. The normalized spacial score (nSPS) is 11.5. The minimum absolute atomic E-state index is 0.634. The van der Waals surface area contributed by atoms with E-state index in [2.05, 4.69) is 121 Å². The van der Waals surface area contributed by atoms with E-state index in [9.17, 15) is 0 Å². The van der Waals surface area contributed by atoms with E-state index < -0.39 is 0 Å². The van der Waals surface area contributed by atoms with Crippen LogP contribution in [0.4, 0.5) is 0 Å². The average molecular weight is 530 g/mol. The molecule has 0 bridgehead atoms. The summed E-state index contributed by atoms with van der Waals surface area (Å²) >= 11 is 1.85. The van der Waals surface area contributed by atoms with E-state index in [1.807, 2.05) is 29.5 Å². The van der Waals surface area contributed by atoms with Crippen molar-refractivity contribution in [1.82, 2.24) is 4.98 Å². The number of para-hydroxylation sites is 1. The first-order chi connectivity index (χ1) is 19.8. The van der Waals surface area contributed by atoms with Crippen molar-refractivity contribution < 1.29 is 4.42 Å². The Balaban J connectivity index is 1.14. The summed E-state index contributed by atoms with van der Waals surface area (Å²) in [5.41, 5.74) is 9.64. The molecule has 2 aromatic heterocycles. The third kappa shape index (κ3) is 3.83. The number of benzene rings is 6. The van der Waals surface area contributed by atoms with Crippen LogP contribution in [-0.4, -0.2) is 4.98 Å². The van der Waals surface area contributed by atoms with Crippen molar-refractivity contribution in [2.45, 2.75) is 0 Å². The van der Waals surface area contributed by atoms with Gasteiger partial charge in [-0.25, -0.2) is 4.98 Å². The van der Waals surface area contributed by atoms with Gasteiger partial charge < -0.3 is 4.42 Å². The lowest BCUT2D eigenvalue weighted by molar-refractivity contribution is 0.621. The highest BCUT2D eigenvalue weighted by Gasteiger charge is 2.14. The number of aromatic nitrogens is 1. The maximum absolute atomic E-state index is 6.40. The molecule has 2 heterocycles. The van der Waals surface area contributed by atoms with Crippen molar-refractivity contribution in [3.63, 3.8) is 0 Å². The summed E-state index contributed by atoms with van der Waals surface area (Å²) in [4.78, 5) is 4.85. The molecule has 2 nitrogen and oxygen atoms in total. The predicted octanol–water partition coefficient (Wildman–Crippen LogP) is 10.9. The second-order valence-electron chi connectivity index (χ2n) is 9.97. The van der Waals surface area contributed by atoms with Crippen LogP contribution >= 0.6 is 11.3 Å². The molecule has 0 aliphatic carbocycles. The van der Waals surface area contributed by atoms with E-state index in [1.54, 1.807) is 0 Å². The lowest BCUT2D eigenvalue weighted by Gasteiger charge is -2.05. The zero-order valence-electron chi connectivity index (χ0n) is 21.5. The second-order valence-corrected chi connectivity index (χ2v) is 11.0. The fourth-order valence-corrected chi connectivity index (χ4v) is 6.78. The number of fused-ring (bicyclic) bond motifs is 4. The lowest BCUT2D eigenvalue weighted by atomic mass is 10.00. The predicted molar refractivity (Wildman–Crippen MR) is 169 cm³/mol. The molecule has 0 unspecified atom stereocenters. The summed E-state index contributed by atoms with van der Waals surface area (Å²) in [6, 6.07) is 49.0. The van der Waals surface area contributed by atoms with E-state index in [4.69, 9.17) is 9.40 Å². The van der Waals surface area contributed by atoms with Crippen molar-refractivity contribution in [3.8, 4) is 44.8 Å². The van der Waals surface area contributed by atoms with Gasteiger partial charge in [-0.05, 0) is 52.1 Å². The van der Waals surface area contributed by atoms with Gasteiger partial charge in [0.25, 0.3) is 0 Å². The second kappa shape index (κ2) is 9.33. The van der Waals surface area contributed by atoms with Crippen LogP contribution < -0.4 is 0 Å². The lowest BCUT2D eigenvalue weighted by Crippen LogP contribution is -1.81. The summed E-state index contributed by atoms with van der Waals surface area (Å²) < 4.78 is 9.04. The molecule has 0 aliphatic heterocycles. The van der Waals surface area contributed by atoms with Crippen molar-refractivity contribution >= 4 is 42.6 Å². The number of nitrogens with zero attached hydrogens (tertiary/aromatic N) is 1. The first-order valence-corrected chi connectivity index (χ1v) is 14.2. The number of oxazole rings is 1. The minimum atomic E-state index is 0.634. The Morgan fingerprint density at radius 1 is 0.450 bits per heavy atom. The SMILES string of the molecule is c1ccc(-c2ccc(-c3cccc4nc(-c5ccc(-c6cccc7c6sc6ccccc67)cc5)oc34)cc2)cc1. The van der Waals surface area contributed by atoms with Gasteiger partial charge in [-0.1, -0.05) is 115 Å². The van der Waals surface area contributed by atoms with Gasteiger partial charge in [0.05, 0.1) is 0 Å². The largest absolute Gasteiger partial charge is 0.435 e. The Hall–Kier alpha value is -4.99. The molecular formula is C37H23NOS. The molecule has 0 radical (unpaired) electrons. The smallest absolute Gasteiger partial charge is 0.227 e. The number of thiophene rings is 1.